The van der Waals surface area contributed by atoms with Crippen molar-refractivity contribution in [3.05, 3.63) is 29.8 Å². The Morgan fingerprint density at radius 1 is 1.45 bits per heavy atom. The highest BCUT2D eigenvalue weighted by molar-refractivity contribution is 7.98. The summed E-state index contributed by atoms with van der Waals surface area (Å²) >= 11 is 1.78. The summed E-state index contributed by atoms with van der Waals surface area (Å²) in [4.78, 5) is 14.2. The number of nitrogens with zero attached hydrogens (tertiary/aromatic N) is 1. The minimum Gasteiger partial charge on any atom is -0.497 e. The molecule has 2 unspecified atom stereocenters. The van der Waals surface area contributed by atoms with Crippen molar-refractivity contribution < 1.29 is 9.53 Å². The average molecular weight is 294 g/mol. The largest absolute Gasteiger partial charge is 0.497 e. The molecule has 1 aliphatic rings. The summed E-state index contributed by atoms with van der Waals surface area (Å²) in [7, 11) is 1.66. The topological polar surface area (TPSA) is 41.6 Å². The number of rotatable bonds is 6. The molecule has 1 N–H and O–H groups in total. The molecule has 0 aliphatic carbocycles. The van der Waals surface area contributed by atoms with Crippen LogP contribution in [0.15, 0.2) is 24.3 Å². The van der Waals surface area contributed by atoms with Crippen molar-refractivity contribution in [2.45, 2.75) is 25.6 Å². The van der Waals surface area contributed by atoms with Gasteiger partial charge in [-0.15, -0.1) is 0 Å². The van der Waals surface area contributed by atoms with Gasteiger partial charge in [0.1, 0.15) is 11.9 Å². The molecule has 0 radical (unpaired) electrons. The minimum absolute atomic E-state index is 0.0227. The highest BCUT2D eigenvalue weighted by Crippen LogP contribution is 2.28. The summed E-state index contributed by atoms with van der Waals surface area (Å²) in [5.74, 6) is 1.99. The van der Waals surface area contributed by atoms with Gasteiger partial charge in [0.2, 0.25) is 5.91 Å². The number of benzene rings is 1. The molecule has 1 aliphatic heterocycles. The van der Waals surface area contributed by atoms with Crippen LogP contribution in [0.2, 0.25) is 0 Å². The molecule has 20 heavy (non-hydrogen) atoms. The van der Waals surface area contributed by atoms with Crippen molar-refractivity contribution in [1.82, 2.24) is 10.2 Å². The Hall–Kier alpha value is -1.20. The summed E-state index contributed by atoms with van der Waals surface area (Å²) in [6, 6.07) is 8.20. The van der Waals surface area contributed by atoms with Gasteiger partial charge in [-0.2, -0.15) is 11.8 Å². The third-order valence-electron chi connectivity index (χ3n) is 3.67. The Balaban J connectivity index is 2.21. The number of carbonyl (C=O) groups excluding carboxylic acids is 1. The Labute approximate surface area is 124 Å². The Kier molecular flexibility index (Phi) is 5.31. The van der Waals surface area contributed by atoms with Crippen LogP contribution < -0.4 is 10.1 Å². The van der Waals surface area contributed by atoms with Crippen molar-refractivity contribution in [1.29, 1.82) is 0 Å². The van der Waals surface area contributed by atoms with Crippen molar-refractivity contribution >= 4 is 17.7 Å². The molecule has 0 spiro atoms. The van der Waals surface area contributed by atoms with Gasteiger partial charge in [0.15, 0.2) is 0 Å². The Bertz CT molecular complexity index is 450. The molecule has 0 saturated carbocycles. The van der Waals surface area contributed by atoms with Crippen LogP contribution in [0, 0.1) is 0 Å². The van der Waals surface area contributed by atoms with E-state index in [-0.39, 0.29) is 18.1 Å². The first-order chi connectivity index (χ1) is 9.71. The lowest BCUT2D eigenvalue weighted by Gasteiger charge is -2.32. The SMILES string of the molecule is CCC(CSC)N1C(=O)CNC1c1ccc(OC)cc1. The molecule has 110 valence electrons. The molecule has 0 aromatic heterocycles. The maximum atomic E-state index is 12.2. The number of amides is 1. The lowest BCUT2D eigenvalue weighted by Crippen LogP contribution is -2.40. The number of nitrogens with one attached hydrogen (secondary N) is 1. The monoisotopic (exact) mass is 294 g/mol. The quantitative estimate of drug-likeness (QED) is 0.874. The van der Waals surface area contributed by atoms with Gasteiger partial charge in [-0.05, 0) is 30.4 Å². The number of hydrogen-bond acceptors (Lipinski definition) is 4. The van der Waals surface area contributed by atoms with Crippen molar-refractivity contribution in [2.24, 2.45) is 0 Å². The molecule has 1 saturated heterocycles. The second kappa shape index (κ2) is 6.99. The van der Waals surface area contributed by atoms with Crippen LogP contribution in [0.4, 0.5) is 0 Å². The van der Waals surface area contributed by atoms with Crippen LogP contribution in [-0.2, 0) is 4.79 Å². The van der Waals surface area contributed by atoms with Gasteiger partial charge in [0.25, 0.3) is 0 Å². The highest BCUT2D eigenvalue weighted by atomic mass is 32.2. The van der Waals surface area contributed by atoms with E-state index in [9.17, 15) is 4.79 Å². The van der Waals surface area contributed by atoms with Crippen molar-refractivity contribution in [3.63, 3.8) is 0 Å². The minimum atomic E-state index is -0.0227. The molecule has 2 rings (SSSR count). The van der Waals surface area contributed by atoms with Gasteiger partial charge in [0.05, 0.1) is 13.7 Å². The molecule has 1 fully saturated rings. The number of carbonyl (C=O) groups is 1. The molecule has 4 nitrogen and oxygen atoms in total. The van der Waals surface area contributed by atoms with Crippen LogP contribution in [-0.4, -0.2) is 42.5 Å². The Morgan fingerprint density at radius 2 is 2.15 bits per heavy atom. The fraction of sp³-hybridized carbons (Fsp3) is 0.533. The zero-order chi connectivity index (χ0) is 14.5. The second-order valence-electron chi connectivity index (χ2n) is 4.88. The van der Waals surface area contributed by atoms with Crippen LogP contribution in [0.1, 0.15) is 25.1 Å². The van der Waals surface area contributed by atoms with Crippen molar-refractivity contribution in [2.75, 3.05) is 25.7 Å². The van der Waals surface area contributed by atoms with Gasteiger partial charge in [-0.1, -0.05) is 19.1 Å². The van der Waals surface area contributed by atoms with E-state index >= 15 is 0 Å². The molecule has 5 heteroatoms. The molecule has 1 amide bonds. The van der Waals surface area contributed by atoms with E-state index in [4.69, 9.17) is 4.74 Å². The maximum Gasteiger partial charge on any atom is 0.238 e. The zero-order valence-electron chi connectivity index (χ0n) is 12.3. The van der Waals surface area contributed by atoms with Gasteiger partial charge < -0.3 is 9.64 Å². The summed E-state index contributed by atoms with van der Waals surface area (Å²) in [6.45, 7) is 2.55. The molecular weight excluding hydrogens is 272 g/mol. The summed E-state index contributed by atoms with van der Waals surface area (Å²) in [6.07, 6.45) is 3.03. The van der Waals surface area contributed by atoms with E-state index in [2.05, 4.69) is 18.5 Å². The van der Waals surface area contributed by atoms with Gasteiger partial charge in [-0.25, -0.2) is 0 Å². The second-order valence-corrected chi connectivity index (χ2v) is 5.79. The average Bonchev–Trinajstić information content (AvgIpc) is 2.86. The van der Waals surface area contributed by atoms with E-state index < -0.39 is 0 Å². The molecular formula is C15H22N2O2S. The van der Waals surface area contributed by atoms with E-state index in [0.29, 0.717) is 6.54 Å². The van der Waals surface area contributed by atoms with E-state index in [1.165, 1.54) is 0 Å². The van der Waals surface area contributed by atoms with E-state index in [0.717, 1.165) is 23.5 Å². The van der Waals surface area contributed by atoms with E-state index in [1.54, 1.807) is 18.9 Å². The lowest BCUT2D eigenvalue weighted by atomic mass is 10.1. The number of methoxy groups -OCH3 is 1. The van der Waals surface area contributed by atoms with E-state index in [1.807, 2.05) is 29.2 Å². The summed E-state index contributed by atoms with van der Waals surface area (Å²) in [5.41, 5.74) is 1.11. The summed E-state index contributed by atoms with van der Waals surface area (Å²) in [5, 5.41) is 3.31. The zero-order valence-corrected chi connectivity index (χ0v) is 13.1. The number of hydrogen-bond donors (Lipinski definition) is 1. The lowest BCUT2D eigenvalue weighted by molar-refractivity contribution is -0.130. The predicted octanol–water partition coefficient (Wildman–Crippen LogP) is 2.27. The third kappa shape index (κ3) is 3.10. The van der Waals surface area contributed by atoms with Crippen LogP contribution in [0.3, 0.4) is 0 Å². The molecule has 2 atom stereocenters. The first-order valence-electron chi connectivity index (χ1n) is 6.88. The van der Waals surface area contributed by atoms with Gasteiger partial charge >= 0.3 is 0 Å². The normalized spacial score (nSPS) is 20.2. The van der Waals surface area contributed by atoms with Crippen LogP contribution >= 0.6 is 11.8 Å². The first-order valence-corrected chi connectivity index (χ1v) is 8.28. The molecule has 0 bridgehead atoms. The molecule has 1 aromatic rings. The molecule has 1 aromatic carbocycles. The van der Waals surface area contributed by atoms with Crippen LogP contribution in [0.5, 0.6) is 5.75 Å². The van der Waals surface area contributed by atoms with Crippen LogP contribution in [0.25, 0.3) is 0 Å². The number of ether oxygens (including phenoxy) is 1. The smallest absolute Gasteiger partial charge is 0.238 e. The predicted molar refractivity (Wildman–Crippen MR) is 83.0 cm³/mol. The Morgan fingerprint density at radius 3 is 2.70 bits per heavy atom. The summed E-state index contributed by atoms with van der Waals surface area (Å²) < 4.78 is 5.18. The fourth-order valence-corrected chi connectivity index (χ4v) is 3.37. The molecule has 1 heterocycles. The van der Waals surface area contributed by atoms with Gasteiger partial charge in [-0.3, -0.25) is 10.1 Å². The highest BCUT2D eigenvalue weighted by Gasteiger charge is 2.35. The maximum absolute atomic E-state index is 12.2. The third-order valence-corrected chi connectivity index (χ3v) is 4.39. The fourth-order valence-electron chi connectivity index (χ4n) is 2.58. The first kappa shape index (κ1) is 15.2. The van der Waals surface area contributed by atoms with Crippen molar-refractivity contribution in [3.8, 4) is 5.75 Å². The standard InChI is InChI=1S/C15H22N2O2S/c1-4-12(10-20-3)17-14(18)9-16-15(17)11-5-7-13(19-2)8-6-11/h5-8,12,15-16H,4,9-10H2,1-3H3. The van der Waals surface area contributed by atoms with Gasteiger partial charge in [0, 0.05) is 11.8 Å². The number of thioether (sulfide) groups is 1.